The van der Waals surface area contributed by atoms with E-state index in [9.17, 15) is 0 Å². The summed E-state index contributed by atoms with van der Waals surface area (Å²) in [6, 6.07) is 6.72. The second kappa shape index (κ2) is 2.33. The Morgan fingerprint density at radius 3 is 2.42 bits per heavy atom. The number of rotatable bonds is 1. The molecular weight excluding hydrogens is 146 g/mol. The minimum Gasteiger partial charge on any atom is -0.304 e. The van der Waals surface area contributed by atoms with Crippen molar-refractivity contribution < 1.29 is 0 Å². The van der Waals surface area contributed by atoms with Crippen molar-refractivity contribution in [2.24, 2.45) is 0 Å². The van der Waals surface area contributed by atoms with Gasteiger partial charge in [-0.3, -0.25) is 0 Å². The molecule has 0 spiro atoms. The fourth-order valence-corrected chi connectivity index (χ4v) is 1.42. The first-order valence-corrected chi connectivity index (χ1v) is 4.45. The third-order valence-corrected chi connectivity index (χ3v) is 2.85. The molecule has 2 rings (SSSR count). The van der Waals surface area contributed by atoms with Crippen molar-refractivity contribution in [3.63, 3.8) is 0 Å². The first-order chi connectivity index (χ1) is 5.62. The van der Waals surface area contributed by atoms with Gasteiger partial charge in [-0.2, -0.15) is 0 Å². The van der Waals surface area contributed by atoms with Gasteiger partial charge < -0.3 is 5.32 Å². The summed E-state index contributed by atoms with van der Waals surface area (Å²) in [5, 5.41) is 3.37. The zero-order valence-corrected chi connectivity index (χ0v) is 7.94. The van der Waals surface area contributed by atoms with Gasteiger partial charge in [0.25, 0.3) is 0 Å². The van der Waals surface area contributed by atoms with Crippen molar-refractivity contribution in [1.82, 2.24) is 5.32 Å². The van der Waals surface area contributed by atoms with Gasteiger partial charge in [-0.25, -0.2) is 0 Å². The summed E-state index contributed by atoms with van der Waals surface area (Å²) in [5.74, 6) is 0. The van der Waals surface area contributed by atoms with Crippen LogP contribution in [0.15, 0.2) is 18.2 Å². The molecule has 1 atom stereocenters. The maximum Gasteiger partial charge on any atom is 0.0533 e. The van der Waals surface area contributed by atoms with Crippen molar-refractivity contribution in [2.75, 3.05) is 6.54 Å². The van der Waals surface area contributed by atoms with Gasteiger partial charge >= 0.3 is 0 Å². The first kappa shape index (κ1) is 7.81. The van der Waals surface area contributed by atoms with E-state index >= 15 is 0 Å². The third-order valence-electron chi connectivity index (χ3n) is 2.85. The summed E-state index contributed by atoms with van der Waals surface area (Å²) in [7, 11) is 0. The molecule has 1 saturated heterocycles. The van der Waals surface area contributed by atoms with Crippen LogP contribution in [0.3, 0.4) is 0 Å². The molecule has 12 heavy (non-hydrogen) atoms. The van der Waals surface area contributed by atoms with Gasteiger partial charge in [0.05, 0.1) is 5.54 Å². The second-order valence-electron chi connectivity index (χ2n) is 3.98. The normalized spacial score (nSPS) is 27.2. The van der Waals surface area contributed by atoms with Crippen LogP contribution in [0, 0.1) is 13.8 Å². The Balaban J connectivity index is 2.41. The molecule has 64 valence electrons. The fourth-order valence-electron chi connectivity index (χ4n) is 1.42. The highest BCUT2D eigenvalue weighted by Gasteiger charge is 2.38. The molecule has 1 nitrogen and oxygen atoms in total. The van der Waals surface area contributed by atoms with Gasteiger partial charge in [0.15, 0.2) is 0 Å². The maximum absolute atomic E-state index is 3.37. The zero-order valence-electron chi connectivity index (χ0n) is 7.94. The molecule has 1 aliphatic heterocycles. The van der Waals surface area contributed by atoms with E-state index in [2.05, 4.69) is 44.3 Å². The van der Waals surface area contributed by atoms with E-state index in [0.29, 0.717) is 0 Å². The summed E-state index contributed by atoms with van der Waals surface area (Å²) in [5.41, 5.74) is 4.47. The smallest absolute Gasteiger partial charge is 0.0533 e. The van der Waals surface area contributed by atoms with Crippen LogP contribution in [0.4, 0.5) is 0 Å². The highest BCUT2D eigenvalue weighted by atomic mass is 15.1. The molecule has 0 bridgehead atoms. The second-order valence-corrected chi connectivity index (χ2v) is 3.98. The van der Waals surface area contributed by atoms with E-state index in [1.54, 1.807) is 0 Å². The van der Waals surface area contributed by atoms with E-state index in [1.807, 2.05) is 0 Å². The lowest BCUT2D eigenvalue weighted by atomic mass is 9.97. The Hall–Kier alpha value is -0.820. The number of nitrogens with one attached hydrogen (secondary N) is 1. The highest BCUT2D eigenvalue weighted by molar-refractivity contribution is 5.36. The van der Waals surface area contributed by atoms with E-state index in [-0.39, 0.29) is 5.54 Å². The summed E-state index contributed by atoms with van der Waals surface area (Å²) in [4.78, 5) is 0. The molecule has 0 aromatic heterocycles. The molecule has 0 amide bonds. The highest BCUT2D eigenvalue weighted by Crippen LogP contribution is 2.30. The number of aryl methyl sites for hydroxylation is 2. The average molecular weight is 161 g/mol. The fraction of sp³-hybridized carbons (Fsp3) is 0.455. The van der Waals surface area contributed by atoms with Crippen LogP contribution in [0.1, 0.15) is 23.6 Å². The minimum absolute atomic E-state index is 0.276. The first-order valence-electron chi connectivity index (χ1n) is 4.45. The third kappa shape index (κ3) is 1.14. The molecular formula is C11H15N. The molecule has 1 unspecified atom stereocenters. The molecule has 1 N–H and O–H groups in total. The maximum atomic E-state index is 3.37. The van der Waals surface area contributed by atoms with Gasteiger partial charge in [-0.05, 0) is 37.5 Å². The average Bonchev–Trinajstić information content (AvgIpc) is 2.75. The van der Waals surface area contributed by atoms with Gasteiger partial charge in [0, 0.05) is 6.54 Å². The Kier molecular flexibility index (Phi) is 1.52. The van der Waals surface area contributed by atoms with E-state index < -0.39 is 0 Å². The Morgan fingerprint density at radius 1 is 1.25 bits per heavy atom. The summed E-state index contributed by atoms with van der Waals surface area (Å²) in [6.07, 6.45) is 0. The molecule has 0 radical (unpaired) electrons. The lowest BCUT2D eigenvalue weighted by Crippen LogP contribution is -2.06. The molecule has 1 fully saturated rings. The van der Waals surface area contributed by atoms with Crippen LogP contribution >= 0.6 is 0 Å². The SMILES string of the molecule is Cc1ccc(C2(C)CN2)cc1C. The van der Waals surface area contributed by atoms with Crippen molar-refractivity contribution in [3.8, 4) is 0 Å². The largest absolute Gasteiger partial charge is 0.304 e. The van der Waals surface area contributed by atoms with Crippen LogP contribution in [-0.2, 0) is 5.54 Å². The van der Waals surface area contributed by atoms with Gasteiger partial charge in [-0.15, -0.1) is 0 Å². The number of hydrogen-bond acceptors (Lipinski definition) is 1. The predicted octanol–water partition coefficient (Wildman–Crippen LogP) is 2.12. The van der Waals surface area contributed by atoms with E-state index in [4.69, 9.17) is 0 Å². The van der Waals surface area contributed by atoms with Gasteiger partial charge in [0.1, 0.15) is 0 Å². The van der Waals surface area contributed by atoms with E-state index in [0.717, 1.165) is 6.54 Å². The summed E-state index contributed by atoms with van der Waals surface area (Å²) in [6.45, 7) is 7.69. The van der Waals surface area contributed by atoms with Crippen molar-refractivity contribution in [1.29, 1.82) is 0 Å². The van der Waals surface area contributed by atoms with Crippen molar-refractivity contribution in [3.05, 3.63) is 34.9 Å². The van der Waals surface area contributed by atoms with Crippen LogP contribution in [0.2, 0.25) is 0 Å². The summed E-state index contributed by atoms with van der Waals surface area (Å²) >= 11 is 0. The van der Waals surface area contributed by atoms with Gasteiger partial charge in [0.2, 0.25) is 0 Å². The summed E-state index contributed by atoms with van der Waals surface area (Å²) < 4.78 is 0. The molecule has 0 aliphatic carbocycles. The Bertz CT molecular complexity index is 311. The van der Waals surface area contributed by atoms with Crippen LogP contribution in [0.25, 0.3) is 0 Å². The predicted molar refractivity (Wildman–Crippen MR) is 51.3 cm³/mol. The molecule has 1 aliphatic rings. The van der Waals surface area contributed by atoms with E-state index in [1.165, 1.54) is 16.7 Å². The zero-order chi connectivity index (χ0) is 8.77. The molecule has 1 heterocycles. The topological polar surface area (TPSA) is 21.9 Å². The van der Waals surface area contributed by atoms with Crippen LogP contribution < -0.4 is 5.32 Å². The standard InChI is InChI=1S/C11H15N/c1-8-4-5-10(6-9(8)2)11(3)7-12-11/h4-6,12H,7H2,1-3H3. The molecule has 1 aromatic rings. The van der Waals surface area contributed by atoms with Gasteiger partial charge in [-0.1, -0.05) is 18.2 Å². The molecule has 0 saturated carbocycles. The number of hydrogen-bond donors (Lipinski definition) is 1. The number of benzene rings is 1. The lowest BCUT2D eigenvalue weighted by molar-refractivity contribution is 0.762. The lowest BCUT2D eigenvalue weighted by Gasteiger charge is -2.09. The van der Waals surface area contributed by atoms with Crippen molar-refractivity contribution >= 4 is 0 Å². The minimum atomic E-state index is 0.276. The quantitative estimate of drug-likeness (QED) is 0.626. The Morgan fingerprint density at radius 2 is 1.92 bits per heavy atom. The van der Waals surface area contributed by atoms with Crippen LogP contribution in [-0.4, -0.2) is 6.54 Å². The van der Waals surface area contributed by atoms with Crippen molar-refractivity contribution in [2.45, 2.75) is 26.3 Å². The Labute approximate surface area is 73.8 Å². The molecule has 1 heteroatoms. The molecule has 1 aromatic carbocycles. The van der Waals surface area contributed by atoms with Crippen LogP contribution in [0.5, 0.6) is 0 Å². The monoisotopic (exact) mass is 161 g/mol.